The molecule has 0 spiro atoms. The Morgan fingerprint density at radius 3 is 2.39 bits per heavy atom. The summed E-state index contributed by atoms with van der Waals surface area (Å²) in [4.78, 5) is 0. The smallest absolute Gasteiger partial charge is 0.121 e. The van der Waals surface area contributed by atoms with E-state index in [1.165, 1.54) is 44.8 Å². The van der Waals surface area contributed by atoms with Crippen molar-refractivity contribution in [2.24, 2.45) is 11.8 Å². The zero-order valence-electron chi connectivity index (χ0n) is 26.1. The zero-order valence-corrected chi connectivity index (χ0v) is 26.1. The molecule has 244 valence electrons. The van der Waals surface area contributed by atoms with Gasteiger partial charge in [-0.15, -0.1) is 0 Å². The number of hydrogen-bond donors (Lipinski definition) is 5. The molecular formula is C35H53N2O7+. The van der Waals surface area contributed by atoms with Crippen LogP contribution >= 0.6 is 0 Å². The third kappa shape index (κ3) is 8.39. The van der Waals surface area contributed by atoms with Crippen LogP contribution in [0.25, 0.3) is 0 Å². The number of hydrogen-bond acceptors (Lipinski definition) is 8. The first-order valence-electron chi connectivity index (χ1n) is 16.6. The van der Waals surface area contributed by atoms with Gasteiger partial charge in [0.25, 0.3) is 0 Å². The van der Waals surface area contributed by atoms with Crippen molar-refractivity contribution in [1.82, 2.24) is 5.32 Å². The quantitative estimate of drug-likeness (QED) is 0.128. The Balaban J connectivity index is 0.969. The second kappa shape index (κ2) is 16.0. The van der Waals surface area contributed by atoms with E-state index in [1.54, 1.807) is 12.1 Å². The number of nitrogens with one attached hydrogen (secondary N) is 1. The normalized spacial score (nSPS) is 25.7. The third-order valence-electron chi connectivity index (χ3n) is 10.4. The molecule has 3 aliphatic heterocycles. The van der Waals surface area contributed by atoms with Gasteiger partial charge in [0, 0.05) is 37.4 Å². The minimum Gasteiger partial charge on any atom is -0.508 e. The fourth-order valence-corrected chi connectivity index (χ4v) is 7.55. The van der Waals surface area contributed by atoms with Crippen molar-refractivity contribution in [1.29, 1.82) is 0 Å². The monoisotopic (exact) mass is 613 g/mol. The van der Waals surface area contributed by atoms with Crippen molar-refractivity contribution >= 4 is 0 Å². The fourth-order valence-electron chi connectivity index (χ4n) is 7.55. The summed E-state index contributed by atoms with van der Waals surface area (Å²) >= 11 is 0. The molecule has 3 saturated heterocycles. The predicted molar refractivity (Wildman–Crippen MR) is 168 cm³/mol. The van der Waals surface area contributed by atoms with Gasteiger partial charge in [0.05, 0.1) is 58.8 Å². The molecule has 5 N–H and O–H groups in total. The lowest BCUT2D eigenvalue weighted by Gasteiger charge is -2.52. The van der Waals surface area contributed by atoms with Crippen molar-refractivity contribution in [3.8, 4) is 5.75 Å². The summed E-state index contributed by atoms with van der Waals surface area (Å²) < 4.78 is 19.4. The van der Waals surface area contributed by atoms with E-state index < -0.39 is 11.7 Å². The Labute approximate surface area is 262 Å². The number of fused-ring (bicyclic) bond motifs is 3. The molecule has 9 nitrogen and oxygen atoms in total. The Hall–Kier alpha value is -2.08. The molecule has 1 saturated carbocycles. The first kappa shape index (κ1) is 33.3. The summed E-state index contributed by atoms with van der Waals surface area (Å²) in [7, 11) is 0. The zero-order chi connectivity index (χ0) is 30.8. The van der Waals surface area contributed by atoms with Crippen LogP contribution in [0.5, 0.6) is 5.75 Å². The van der Waals surface area contributed by atoms with Crippen molar-refractivity contribution in [3.05, 3.63) is 65.2 Å². The summed E-state index contributed by atoms with van der Waals surface area (Å²) in [6.07, 6.45) is 6.32. The van der Waals surface area contributed by atoms with Crippen LogP contribution in [0.3, 0.4) is 0 Å². The van der Waals surface area contributed by atoms with Gasteiger partial charge in [0.2, 0.25) is 0 Å². The highest BCUT2D eigenvalue weighted by Gasteiger charge is 2.48. The van der Waals surface area contributed by atoms with Crippen molar-refractivity contribution < 1.29 is 39.1 Å². The fraction of sp³-hybridized carbons (Fsp3) is 0.657. The van der Waals surface area contributed by atoms with E-state index in [9.17, 15) is 20.4 Å². The number of piperidine rings is 3. The maximum Gasteiger partial charge on any atom is 0.121 e. The van der Waals surface area contributed by atoms with Gasteiger partial charge >= 0.3 is 0 Å². The molecule has 0 amide bonds. The van der Waals surface area contributed by atoms with Crippen LogP contribution in [0, 0.1) is 11.8 Å². The SMILES string of the molecule is OCc1cc([C@@H](O)CNCCOCCOCC[N+]23CCC(CC2)[C@@H](OC[C@@](O)(c2ccccc2)C2CCCC2)C3)ccc1O. The summed E-state index contributed by atoms with van der Waals surface area (Å²) in [6, 6.07) is 14.9. The molecule has 2 aromatic carbocycles. The van der Waals surface area contributed by atoms with Gasteiger partial charge in [-0.25, -0.2) is 0 Å². The summed E-state index contributed by atoms with van der Waals surface area (Å²) in [5, 5.41) is 44.4. The lowest BCUT2D eigenvalue weighted by molar-refractivity contribution is -0.946. The molecule has 0 radical (unpaired) electrons. The maximum absolute atomic E-state index is 11.9. The Kier molecular flexibility index (Phi) is 12.1. The molecule has 4 fully saturated rings. The molecule has 3 atom stereocenters. The molecule has 4 aliphatic rings. The van der Waals surface area contributed by atoms with Crippen LogP contribution in [0.4, 0.5) is 0 Å². The first-order chi connectivity index (χ1) is 21.4. The molecule has 2 aromatic rings. The second-order valence-electron chi connectivity index (χ2n) is 13.1. The molecule has 6 rings (SSSR count). The molecule has 44 heavy (non-hydrogen) atoms. The van der Waals surface area contributed by atoms with Crippen LogP contribution < -0.4 is 5.32 Å². The van der Waals surface area contributed by atoms with E-state index in [0.29, 0.717) is 63.2 Å². The van der Waals surface area contributed by atoms with Crippen molar-refractivity contribution in [2.75, 3.05) is 72.3 Å². The van der Waals surface area contributed by atoms with E-state index in [1.807, 2.05) is 18.2 Å². The molecule has 9 heteroatoms. The van der Waals surface area contributed by atoms with Crippen molar-refractivity contribution in [3.63, 3.8) is 0 Å². The molecule has 1 aliphatic carbocycles. The van der Waals surface area contributed by atoms with Gasteiger partial charge < -0.3 is 44.4 Å². The molecule has 0 unspecified atom stereocenters. The number of ether oxygens (including phenoxy) is 3. The minimum absolute atomic E-state index is 0.0254. The maximum atomic E-state index is 11.9. The molecule has 2 bridgehead atoms. The molecular weight excluding hydrogens is 560 g/mol. The summed E-state index contributed by atoms with van der Waals surface area (Å²) in [5.41, 5.74) is 1.13. The highest BCUT2D eigenvalue weighted by Crippen LogP contribution is 2.42. The van der Waals surface area contributed by atoms with Gasteiger partial charge in [0.1, 0.15) is 30.5 Å². The van der Waals surface area contributed by atoms with E-state index in [2.05, 4.69) is 17.4 Å². The van der Waals surface area contributed by atoms with E-state index in [0.717, 1.165) is 36.0 Å². The Morgan fingerprint density at radius 1 is 0.932 bits per heavy atom. The summed E-state index contributed by atoms with van der Waals surface area (Å²) in [5.74, 6) is 0.873. The van der Waals surface area contributed by atoms with Gasteiger partial charge in [-0.05, 0) is 42.0 Å². The largest absolute Gasteiger partial charge is 0.508 e. The van der Waals surface area contributed by atoms with E-state index in [4.69, 9.17) is 14.2 Å². The number of nitrogens with zero attached hydrogens (tertiary/aromatic N) is 1. The summed E-state index contributed by atoms with van der Waals surface area (Å²) in [6.45, 7) is 7.69. The first-order valence-corrected chi connectivity index (χ1v) is 16.6. The van der Waals surface area contributed by atoms with Crippen LogP contribution in [0.15, 0.2) is 48.5 Å². The second-order valence-corrected chi connectivity index (χ2v) is 13.1. The lowest BCUT2D eigenvalue weighted by Crippen LogP contribution is -2.65. The molecule has 3 heterocycles. The van der Waals surface area contributed by atoms with Crippen LogP contribution in [0.1, 0.15) is 61.3 Å². The van der Waals surface area contributed by atoms with E-state index in [-0.39, 0.29) is 24.4 Å². The standard InChI is InChI=1S/C35H52N2O7/c38-25-29-22-28(10-11-32(29)39)33(40)23-36-14-18-42-20-21-43-19-17-37-15-12-27(13-16-37)34(24-37)44-26-35(41,31-8-4-5-9-31)30-6-2-1-3-7-30/h1-3,6-7,10-11,22,27,31,33-34,36,38,40-41H,4-5,8-9,12-21,23-26H2/p+1/t27?,33-,34-,35+,37?/m0/s1. The van der Waals surface area contributed by atoms with Gasteiger partial charge in [-0.1, -0.05) is 49.2 Å². The topological polar surface area (TPSA) is 121 Å². The molecule has 0 aromatic heterocycles. The highest BCUT2D eigenvalue weighted by atomic mass is 16.5. The van der Waals surface area contributed by atoms with Crippen LogP contribution in [-0.4, -0.2) is 103 Å². The average Bonchev–Trinajstić information content (AvgIpc) is 3.62. The van der Waals surface area contributed by atoms with Gasteiger partial charge in [-0.3, -0.25) is 0 Å². The Morgan fingerprint density at radius 2 is 1.66 bits per heavy atom. The number of aromatic hydroxyl groups is 1. The number of rotatable bonds is 18. The average molecular weight is 614 g/mol. The van der Waals surface area contributed by atoms with Gasteiger partial charge in [0.15, 0.2) is 0 Å². The number of phenols is 1. The number of quaternary nitrogens is 1. The van der Waals surface area contributed by atoms with E-state index >= 15 is 0 Å². The Bertz CT molecular complexity index is 1140. The number of benzene rings is 2. The highest BCUT2D eigenvalue weighted by molar-refractivity contribution is 5.36. The predicted octanol–water partition coefficient (Wildman–Crippen LogP) is 3.24. The number of aliphatic hydroxyl groups is 3. The van der Waals surface area contributed by atoms with Crippen LogP contribution in [-0.2, 0) is 26.4 Å². The minimum atomic E-state index is -0.913. The van der Waals surface area contributed by atoms with Crippen molar-refractivity contribution in [2.45, 2.75) is 62.9 Å². The van der Waals surface area contributed by atoms with Crippen LogP contribution in [0.2, 0.25) is 0 Å². The number of aliphatic hydroxyl groups excluding tert-OH is 2. The third-order valence-corrected chi connectivity index (χ3v) is 10.4. The lowest BCUT2D eigenvalue weighted by atomic mass is 9.80. The van der Waals surface area contributed by atoms with Gasteiger partial charge in [-0.2, -0.15) is 0 Å².